The summed E-state index contributed by atoms with van der Waals surface area (Å²) in [6.07, 6.45) is 0.745. The summed E-state index contributed by atoms with van der Waals surface area (Å²) in [6.45, 7) is 2.18. The monoisotopic (exact) mass is 315 g/mol. The van der Waals surface area contributed by atoms with E-state index in [0.29, 0.717) is 36.9 Å². The standard InChI is InChI=1S/C13H21N3O4S/c1-14-6-3-7-16(2)21(17,18)15-11-4-5-12-13(10-11)20-9-8-19-12/h4-5,10,14-15H,3,6-9H2,1-2H3. The molecule has 1 aromatic carbocycles. The van der Waals surface area contributed by atoms with Crippen molar-refractivity contribution in [2.75, 3.05) is 45.1 Å². The van der Waals surface area contributed by atoms with Crippen LogP contribution >= 0.6 is 0 Å². The Morgan fingerprint density at radius 3 is 2.67 bits per heavy atom. The van der Waals surface area contributed by atoms with Gasteiger partial charge in [0.05, 0.1) is 5.69 Å². The van der Waals surface area contributed by atoms with E-state index < -0.39 is 10.2 Å². The highest BCUT2D eigenvalue weighted by atomic mass is 32.2. The molecule has 0 spiro atoms. The van der Waals surface area contributed by atoms with Gasteiger partial charge in [-0.3, -0.25) is 4.72 Å². The van der Waals surface area contributed by atoms with E-state index in [0.717, 1.165) is 13.0 Å². The molecular formula is C13H21N3O4S. The minimum atomic E-state index is -3.56. The molecule has 0 unspecified atom stereocenters. The normalized spacial score (nSPS) is 14.2. The van der Waals surface area contributed by atoms with Crippen LogP contribution in [0.5, 0.6) is 11.5 Å². The number of rotatable bonds is 7. The van der Waals surface area contributed by atoms with Gasteiger partial charge in [0, 0.05) is 19.7 Å². The molecule has 0 saturated heterocycles. The quantitative estimate of drug-likeness (QED) is 0.723. The van der Waals surface area contributed by atoms with E-state index in [1.54, 1.807) is 25.2 Å². The Labute approximate surface area is 125 Å². The van der Waals surface area contributed by atoms with Crippen LogP contribution in [0, 0.1) is 0 Å². The lowest BCUT2D eigenvalue weighted by Crippen LogP contribution is -2.34. The van der Waals surface area contributed by atoms with Gasteiger partial charge in [-0.15, -0.1) is 0 Å². The second-order valence-corrected chi connectivity index (χ2v) is 6.52. The van der Waals surface area contributed by atoms with Crippen LogP contribution in [-0.4, -0.2) is 53.1 Å². The van der Waals surface area contributed by atoms with Gasteiger partial charge in [0.15, 0.2) is 11.5 Å². The minimum absolute atomic E-state index is 0.445. The van der Waals surface area contributed by atoms with Crippen molar-refractivity contribution in [3.8, 4) is 11.5 Å². The third kappa shape index (κ3) is 4.23. The molecule has 1 heterocycles. The fraction of sp³-hybridized carbons (Fsp3) is 0.538. The van der Waals surface area contributed by atoms with Crippen LogP contribution in [-0.2, 0) is 10.2 Å². The van der Waals surface area contributed by atoms with E-state index in [-0.39, 0.29) is 0 Å². The topological polar surface area (TPSA) is 79.9 Å². The van der Waals surface area contributed by atoms with Crippen LogP contribution in [0.1, 0.15) is 6.42 Å². The van der Waals surface area contributed by atoms with Crippen molar-refractivity contribution in [2.24, 2.45) is 0 Å². The maximum Gasteiger partial charge on any atom is 0.301 e. The molecule has 0 radical (unpaired) electrons. The van der Waals surface area contributed by atoms with E-state index >= 15 is 0 Å². The number of hydrogen-bond acceptors (Lipinski definition) is 5. The van der Waals surface area contributed by atoms with E-state index in [2.05, 4.69) is 10.0 Å². The first-order valence-corrected chi connectivity index (χ1v) is 8.25. The van der Waals surface area contributed by atoms with Crippen LogP contribution < -0.4 is 19.5 Å². The van der Waals surface area contributed by atoms with Gasteiger partial charge in [-0.2, -0.15) is 12.7 Å². The molecule has 0 amide bonds. The van der Waals surface area contributed by atoms with Crippen molar-refractivity contribution in [2.45, 2.75) is 6.42 Å². The zero-order valence-electron chi connectivity index (χ0n) is 12.3. The lowest BCUT2D eigenvalue weighted by atomic mass is 10.3. The lowest BCUT2D eigenvalue weighted by Gasteiger charge is -2.21. The van der Waals surface area contributed by atoms with E-state index in [1.807, 2.05) is 7.05 Å². The summed E-state index contributed by atoms with van der Waals surface area (Å²) >= 11 is 0. The molecule has 0 aliphatic carbocycles. The molecule has 0 aromatic heterocycles. The Balaban J connectivity index is 2.02. The first-order chi connectivity index (χ1) is 10.0. The molecule has 1 aliphatic heterocycles. The number of anilines is 1. The molecule has 1 aromatic rings. The van der Waals surface area contributed by atoms with Gasteiger partial charge < -0.3 is 14.8 Å². The van der Waals surface area contributed by atoms with Crippen molar-refractivity contribution in [3.05, 3.63) is 18.2 Å². The van der Waals surface area contributed by atoms with Crippen LogP contribution in [0.2, 0.25) is 0 Å². The minimum Gasteiger partial charge on any atom is -0.486 e. The Hall–Kier alpha value is -1.51. The average molecular weight is 315 g/mol. The number of fused-ring (bicyclic) bond motifs is 1. The average Bonchev–Trinajstić information content (AvgIpc) is 2.47. The Bertz CT molecular complexity index is 577. The summed E-state index contributed by atoms with van der Waals surface area (Å²) in [7, 11) is -0.174. The SMILES string of the molecule is CNCCCN(C)S(=O)(=O)Nc1ccc2c(c1)OCCO2. The smallest absolute Gasteiger partial charge is 0.301 e. The van der Waals surface area contributed by atoms with Gasteiger partial charge in [0.25, 0.3) is 0 Å². The van der Waals surface area contributed by atoms with Gasteiger partial charge in [-0.05, 0) is 32.1 Å². The molecule has 1 aliphatic rings. The molecule has 0 bridgehead atoms. The van der Waals surface area contributed by atoms with Crippen LogP contribution in [0.4, 0.5) is 5.69 Å². The van der Waals surface area contributed by atoms with Gasteiger partial charge >= 0.3 is 10.2 Å². The second-order valence-electron chi connectivity index (χ2n) is 4.74. The van der Waals surface area contributed by atoms with Crippen molar-refractivity contribution < 1.29 is 17.9 Å². The van der Waals surface area contributed by atoms with E-state index in [1.165, 1.54) is 4.31 Å². The number of ether oxygens (including phenoxy) is 2. The Morgan fingerprint density at radius 2 is 1.95 bits per heavy atom. The lowest BCUT2D eigenvalue weighted by molar-refractivity contribution is 0.171. The maximum absolute atomic E-state index is 12.2. The summed E-state index contributed by atoms with van der Waals surface area (Å²) < 4.78 is 39.0. The molecule has 0 saturated carbocycles. The van der Waals surface area contributed by atoms with Crippen molar-refractivity contribution in [1.29, 1.82) is 0 Å². The summed E-state index contributed by atoms with van der Waals surface area (Å²) in [6, 6.07) is 4.99. The fourth-order valence-corrected chi connectivity index (χ4v) is 2.88. The summed E-state index contributed by atoms with van der Waals surface area (Å²) in [5.74, 6) is 1.19. The molecule has 21 heavy (non-hydrogen) atoms. The third-order valence-corrected chi connectivity index (χ3v) is 4.60. The predicted octanol–water partition coefficient (Wildman–Crippen LogP) is 0.656. The van der Waals surface area contributed by atoms with Crippen LogP contribution in [0.3, 0.4) is 0 Å². The number of hydrogen-bond donors (Lipinski definition) is 2. The molecule has 0 fully saturated rings. The van der Waals surface area contributed by atoms with Crippen LogP contribution in [0.15, 0.2) is 18.2 Å². The zero-order chi connectivity index (χ0) is 15.3. The Morgan fingerprint density at radius 1 is 1.24 bits per heavy atom. The zero-order valence-corrected chi connectivity index (χ0v) is 13.1. The number of nitrogens with zero attached hydrogens (tertiary/aromatic N) is 1. The summed E-state index contributed by atoms with van der Waals surface area (Å²) in [5, 5.41) is 2.99. The summed E-state index contributed by atoms with van der Waals surface area (Å²) in [4.78, 5) is 0. The third-order valence-electron chi connectivity index (χ3n) is 3.10. The van der Waals surface area contributed by atoms with Crippen LogP contribution in [0.25, 0.3) is 0 Å². The largest absolute Gasteiger partial charge is 0.486 e. The van der Waals surface area contributed by atoms with Gasteiger partial charge in [-0.25, -0.2) is 0 Å². The van der Waals surface area contributed by atoms with Gasteiger partial charge in [0.2, 0.25) is 0 Å². The molecule has 0 atom stereocenters. The predicted molar refractivity (Wildman–Crippen MR) is 81.1 cm³/mol. The van der Waals surface area contributed by atoms with Crippen molar-refractivity contribution in [3.63, 3.8) is 0 Å². The highest BCUT2D eigenvalue weighted by molar-refractivity contribution is 7.90. The number of benzene rings is 1. The molecule has 2 rings (SSSR count). The highest BCUT2D eigenvalue weighted by Crippen LogP contribution is 2.32. The van der Waals surface area contributed by atoms with Gasteiger partial charge in [-0.1, -0.05) is 0 Å². The molecule has 8 heteroatoms. The molecule has 2 N–H and O–H groups in total. The molecular weight excluding hydrogens is 294 g/mol. The Kier molecular flexibility index (Phi) is 5.27. The first-order valence-electron chi connectivity index (χ1n) is 6.81. The highest BCUT2D eigenvalue weighted by Gasteiger charge is 2.19. The molecule has 118 valence electrons. The van der Waals surface area contributed by atoms with Crippen molar-refractivity contribution in [1.82, 2.24) is 9.62 Å². The van der Waals surface area contributed by atoms with Crippen molar-refractivity contribution >= 4 is 15.9 Å². The van der Waals surface area contributed by atoms with Gasteiger partial charge in [0.1, 0.15) is 13.2 Å². The molecule has 7 nitrogen and oxygen atoms in total. The number of nitrogens with one attached hydrogen (secondary N) is 2. The van der Waals surface area contributed by atoms with E-state index in [9.17, 15) is 8.42 Å². The summed E-state index contributed by atoms with van der Waals surface area (Å²) in [5.41, 5.74) is 0.458. The first kappa shape index (κ1) is 15.9. The van der Waals surface area contributed by atoms with E-state index in [4.69, 9.17) is 9.47 Å². The maximum atomic E-state index is 12.2. The second kappa shape index (κ2) is 6.97. The fourth-order valence-electron chi connectivity index (χ4n) is 1.93.